The highest BCUT2D eigenvalue weighted by Crippen LogP contribution is 2.17. The first kappa shape index (κ1) is 17.8. The maximum absolute atomic E-state index is 12.4. The number of carbonyl (C=O) groups is 1. The largest absolute Gasteiger partial charge is 0.435 e. The predicted octanol–water partition coefficient (Wildman–Crippen LogP) is 3.24. The van der Waals surface area contributed by atoms with Crippen molar-refractivity contribution in [1.29, 1.82) is 0 Å². The zero-order valence-corrected chi connectivity index (χ0v) is 14.6. The molecule has 0 radical (unpaired) electrons. The zero-order chi connectivity index (χ0) is 17.6. The Morgan fingerprint density at radius 2 is 1.84 bits per heavy atom. The van der Waals surface area contributed by atoms with E-state index in [9.17, 15) is 13.6 Å². The van der Waals surface area contributed by atoms with Crippen molar-refractivity contribution in [3.05, 3.63) is 52.2 Å². The highest BCUT2D eigenvalue weighted by Gasteiger charge is 2.21. The number of ether oxygens (including phenoxy) is 1. The second-order valence-electron chi connectivity index (χ2n) is 5.94. The summed E-state index contributed by atoms with van der Waals surface area (Å²) in [6.45, 7) is 1.27. The maximum atomic E-state index is 12.4. The lowest BCUT2D eigenvalue weighted by Crippen LogP contribution is -2.48. The predicted molar refractivity (Wildman–Crippen MR) is 93.0 cm³/mol. The smallest absolute Gasteiger partial charge is 0.387 e. The molecule has 2 aromatic rings. The molecule has 25 heavy (non-hydrogen) atoms. The highest BCUT2D eigenvalue weighted by molar-refractivity contribution is 7.09. The van der Waals surface area contributed by atoms with Crippen LogP contribution in [0.2, 0.25) is 0 Å². The summed E-state index contributed by atoms with van der Waals surface area (Å²) in [7, 11) is 0. The molecule has 1 saturated heterocycles. The highest BCUT2D eigenvalue weighted by atomic mass is 32.1. The summed E-state index contributed by atoms with van der Waals surface area (Å²) in [5, 5.41) is 2.08. The van der Waals surface area contributed by atoms with Crippen LogP contribution in [0.15, 0.2) is 41.8 Å². The van der Waals surface area contributed by atoms with Crippen LogP contribution in [0.3, 0.4) is 0 Å². The third-order valence-electron chi connectivity index (χ3n) is 4.19. The van der Waals surface area contributed by atoms with E-state index in [1.165, 1.54) is 17.0 Å². The summed E-state index contributed by atoms with van der Waals surface area (Å²) >= 11 is 1.75. The number of nitrogens with zero attached hydrogens (tertiary/aromatic N) is 2. The molecule has 134 valence electrons. The van der Waals surface area contributed by atoms with Gasteiger partial charge in [-0.3, -0.25) is 9.69 Å². The maximum Gasteiger partial charge on any atom is 0.387 e. The molecular weight excluding hydrogens is 346 g/mol. The third-order valence-corrected chi connectivity index (χ3v) is 5.05. The van der Waals surface area contributed by atoms with Gasteiger partial charge < -0.3 is 9.64 Å². The normalized spacial score (nSPS) is 15.6. The molecule has 0 aliphatic carbocycles. The fourth-order valence-electron chi connectivity index (χ4n) is 2.85. The van der Waals surface area contributed by atoms with E-state index >= 15 is 0 Å². The first-order valence-electron chi connectivity index (χ1n) is 8.16. The van der Waals surface area contributed by atoms with Gasteiger partial charge in [0.05, 0.1) is 6.42 Å². The van der Waals surface area contributed by atoms with Gasteiger partial charge in [-0.2, -0.15) is 8.78 Å². The lowest BCUT2D eigenvalue weighted by molar-refractivity contribution is -0.132. The Labute approximate surface area is 149 Å². The summed E-state index contributed by atoms with van der Waals surface area (Å²) in [5.41, 5.74) is 0.799. The number of hydrogen-bond donors (Lipinski definition) is 0. The van der Waals surface area contributed by atoms with Crippen molar-refractivity contribution >= 4 is 17.2 Å². The van der Waals surface area contributed by atoms with Crippen LogP contribution in [-0.2, 0) is 17.8 Å². The number of alkyl halides is 2. The minimum Gasteiger partial charge on any atom is -0.435 e. The van der Waals surface area contributed by atoms with Crippen molar-refractivity contribution in [3.8, 4) is 5.75 Å². The summed E-state index contributed by atoms with van der Waals surface area (Å²) < 4.78 is 28.6. The van der Waals surface area contributed by atoms with Gasteiger partial charge in [-0.25, -0.2) is 0 Å². The topological polar surface area (TPSA) is 32.8 Å². The fraction of sp³-hybridized carbons (Fsp3) is 0.389. The van der Waals surface area contributed by atoms with Gasteiger partial charge in [0.15, 0.2) is 0 Å². The van der Waals surface area contributed by atoms with Gasteiger partial charge in [-0.05, 0) is 29.1 Å². The SMILES string of the molecule is O=C(Cc1ccc(OC(F)F)cc1)N1CCN(Cc2cccs2)CC1. The lowest BCUT2D eigenvalue weighted by atomic mass is 10.1. The van der Waals surface area contributed by atoms with Crippen LogP contribution in [0.4, 0.5) is 8.78 Å². The minimum absolute atomic E-state index is 0.0679. The molecule has 1 amide bonds. The van der Waals surface area contributed by atoms with E-state index in [1.807, 2.05) is 4.90 Å². The molecule has 1 aliphatic rings. The Hall–Kier alpha value is -1.99. The Bertz CT molecular complexity index is 669. The second kappa shape index (κ2) is 8.40. The van der Waals surface area contributed by atoms with Crippen LogP contribution in [0.5, 0.6) is 5.75 Å². The number of carbonyl (C=O) groups excluding carboxylic acids is 1. The first-order valence-corrected chi connectivity index (χ1v) is 9.04. The minimum atomic E-state index is -2.84. The molecule has 0 spiro atoms. The molecule has 4 nitrogen and oxygen atoms in total. The number of piperazine rings is 1. The van der Waals surface area contributed by atoms with Crippen molar-refractivity contribution in [2.75, 3.05) is 26.2 Å². The van der Waals surface area contributed by atoms with Crippen molar-refractivity contribution < 1.29 is 18.3 Å². The molecule has 1 fully saturated rings. The molecule has 7 heteroatoms. The van der Waals surface area contributed by atoms with E-state index in [2.05, 4.69) is 27.1 Å². The van der Waals surface area contributed by atoms with Crippen molar-refractivity contribution in [3.63, 3.8) is 0 Å². The molecule has 0 atom stereocenters. The quantitative estimate of drug-likeness (QED) is 0.787. The Balaban J connectivity index is 1.46. The van der Waals surface area contributed by atoms with E-state index in [0.717, 1.165) is 38.3 Å². The standard InChI is InChI=1S/C18H20F2N2O2S/c19-18(20)24-15-5-3-14(4-6-15)12-17(23)22-9-7-21(8-10-22)13-16-2-1-11-25-16/h1-6,11,18H,7-10,12-13H2. The van der Waals surface area contributed by atoms with Crippen LogP contribution in [0.25, 0.3) is 0 Å². The summed E-state index contributed by atoms with van der Waals surface area (Å²) in [6, 6.07) is 10.4. The number of amides is 1. The van der Waals surface area contributed by atoms with Gasteiger partial charge in [-0.15, -0.1) is 11.3 Å². The van der Waals surface area contributed by atoms with E-state index in [4.69, 9.17) is 0 Å². The fourth-order valence-corrected chi connectivity index (χ4v) is 3.60. The molecule has 2 heterocycles. The average molecular weight is 366 g/mol. The monoisotopic (exact) mass is 366 g/mol. The van der Waals surface area contributed by atoms with Crippen molar-refractivity contribution in [2.45, 2.75) is 19.6 Å². The molecule has 1 aliphatic heterocycles. The Morgan fingerprint density at radius 3 is 2.44 bits per heavy atom. The van der Waals surface area contributed by atoms with E-state index in [1.54, 1.807) is 23.5 Å². The van der Waals surface area contributed by atoms with E-state index in [0.29, 0.717) is 0 Å². The number of benzene rings is 1. The summed E-state index contributed by atoms with van der Waals surface area (Å²) in [4.78, 5) is 18.0. The Kier molecular flexibility index (Phi) is 5.99. The Morgan fingerprint density at radius 1 is 1.12 bits per heavy atom. The van der Waals surface area contributed by atoms with Gasteiger partial charge in [-0.1, -0.05) is 18.2 Å². The van der Waals surface area contributed by atoms with Gasteiger partial charge in [0.25, 0.3) is 0 Å². The van der Waals surface area contributed by atoms with Crippen LogP contribution < -0.4 is 4.74 Å². The number of hydrogen-bond acceptors (Lipinski definition) is 4. The molecule has 0 N–H and O–H groups in total. The molecule has 1 aromatic heterocycles. The molecule has 1 aromatic carbocycles. The van der Waals surface area contributed by atoms with Crippen molar-refractivity contribution in [1.82, 2.24) is 9.80 Å². The zero-order valence-electron chi connectivity index (χ0n) is 13.7. The summed E-state index contributed by atoms with van der Waals surface area (Å²) in [5.74, 6) is 0.173. The third kappa shape index (κ3) is 5.24. The molecule has 3 rings (SSSR count). The van der Waals surface area contributed by atoms with E-state index < -0.39 is 6.61 Å². The molecular formula is C18H20F2N2O2S. The van der Waals surface area contributed by atoms with Gasteiger partial charge in [0.1, 0.15) is 5.75 Å². The van der Waals surface area contributed by atoms with Crippen LogP contribution in [0, 0.1) is 0 Å². The molecule has 0 bridgehead atoms. The van der Waals surface area contributed by atoms with Crippen LogP contribution in [-0.4, -0.2) is 48.5 Å². The van der Waals surface area contributed by atoms with Crippen molar-refractivity contribution in [2.24, 2.45) is 0 Å². The van der Waals surface area contributed by atoms with Gasteiger partial charge in [0.2, 0.25) is 5.91 Å². The summed E-state index contributed by atoms with van der Waals surface area (Å²) in [6.07, 6.45) is 0.278. The van der Waals surface area contributed by atoms with Gasteiger partial charge >= 0.3 is 6.61 Å². The molecule has 0 unspecified atom stereocenters. The number of thiophene rings is 1. The number of rotatable bonds is 6. The average Bonchev–Trinajstić information content (AvgIpc) is 3.10. The molecule has 0 saturated carbocycles. The van der Waals surface area contributed by atoms with Gasteiger partial charge in [0, 0.05) is 37.6 Å². The van der Waals surface area contributed by atoms with Crippen LogP contribution >= 0.6 is 11.3 Å². The number of halogens is 2. The van der Waals surface area contributed by atoms with E-state index in [-0.39, 0.29) is 18.1 Å². The second-order valence-corrected chi connectivity index (χ2v) is 6.97. The first-order chi connectivity index (χ1) is 12.1. The lowest BCUT2D eigenvalue weighted by Gasteiger charge is -2.34. The van der Waals surface area contributed by atoms with Crippen LogP contribution in [0.1, 0.15) is 10.4 Å².